The van der Waals surface area contributed by atoms with Crippen LogP contribution in [0.1, 0.15) is 7.43 Å². The van der Waals surface area contributed by atoms with E-state index in [1.165, 1.54) is 0 Å². The Kier molecular flexibility index (Phi) is 1300. The summed E-state index contributed by atoms with van der Waals surface area (Å²) in [7, 11) is 0. The van der Waals surface area contributed by atoms with Crippen LogP contribution in [-0.2, 0) is 90.5 Å². The van der Waals surface area contributed by atoms with E-state index in [0.29, 0.717) is 0 Å². The third-order valence-electron chi connectivity index (χ3n) is 0. The summed E-state index contributed by atoms with van der Waals surface area (Å²) >= 11 is 0. The van der Waals surface area contributed by atoms with E-state index in [2.05, 4.69) is 0 Å². The first-order chi connectivity index (χ1) is 0. The van der Waals surface area contributed by atoms with E-state index >= 15 is 0 Å². The van der Waals surface area contributed by atoms with E-state index in [0.717, 1.165) is 0 Å². The average Bonchev–Trinajstić information content (AvgIpc) is 0. The van der Waals surface area contributed by atoms with Crippen LogP contribution in [0.2, 0.25) is 0 Å². The molecule has 1 atom stereocenters. The van der Waals surface area contributed by atoms with Crippen molar-refractivity contribution >= 4 is 34.4 Å². The minimum absolute atomic E-state index is 0. The molecule has 0 saturated heterocycles. The summed E-state index contributed by atoms with van der Waals surface area (Å²) < 4.78 is 0. The van der Waals surface area contributed by atoms with Gasteiger partial charge in [-0.2, -0.15) is 23.4 Å². The van der Waals surface area contributed by atoms with Crippen molar-refractivity contribution in [2.45, 2.75) is 7.43 Å². The molecular formula is CH9CrMnMoNiPSSiV. The van der Waals surface area contributed by atoms with Gasteiger partial charge in [0.25, 0.3) is 0 Å². The van der Waals surface area contributed by atoms with Gasteiger partial charge in [-0.3, -0.25) is 0 Å². The molecule has 62 valence electrons. The fourth-order valence-electron chi connectivity index (χ4n) is 0. The summed E-state index contributed by atoms with van der Waals surface area (Å²) in [5.74, 6) is 0. The van der Waals surface area contributed by atoms with E-state index in [1.54, 1.807) is 0 Å². The molecule has 0 N–H and O–H groups in total. The summed E-state index contributed by atoms with van der Waals surface area (Å²) in [4.78, 5) is 0. The van der Waals surface area contributed by atoms with Gasteiger partial charge in [0.05, 0.1) is 0 Å². The number of rotatable bonds is 0. The minimum atomic E-state index is 0. The zero-order valence-electron chi connectivity index (χ0n) is 3.67. The first-order valence-corrected chi connectivity index (χ1v) is 0. The Morgan fingerprint density at radius 1 is 1.00 bits per heavy atom. The fraction of sp³-hybridized carbons (Fsp3) is 1.00. The maximum atomic E-state index is 0. The van der Waals surface area contributed by atoms with Crippen LogP contribution < -0.4 is 0 Å². The van der Waals surface area contributed by atoms with Crippen molar-refractivity contribution in [2.75, 3.05) is 0 Å². The van der Waals surface area contributed by atoms with Gasteiger partial charge >= 0.3 is 0 Å². The van der Waals surface area contributed by atoms with Crippen LogP contribution in [-0.4, -0.2) is 11.0 Å². The summed E-state index contributed by atoms with van der Waals surface area (Å²) in [6.45, 7) is 0. The molecule has 1 unspecified atom stereocenters. The van der Waals surface area contributed by atoms with E-state index < -0.39 is 0 Å². The van der Waals surface area contributed by atoms with Gasteiger partial charge in [0, 0.05) is 102 Å². The third-order valence-corrected chi connectivity index (χ3v) is 0. The molecule has 0 saturated carbocycles. The maximum absolute atomic E-state index is 0. The Morgan fingerprint density at radius 3 is 1.00 bits per heavy atom. The van der Waals surface area contributed by atoms with Crippen molar-refractivity contribution in [3.63, 3.8) is 0 Å². The standard InChI is InChI=1S/CH4.Cr.Mn.Mo.Ni.H3P.H2S.Si.V/h1H4;;;;;1H3;1H2;;. The van der Waals surface area contributed by atoms with Crippen LogP contribution in [0.25, 0.3) is 0 Å². The predicted molar refractivity (Wildman–Crippen MR) is 34.0 cm³/mol. The Morgan fingerprint density at radius 2 is 1.00 bits per heavy atom. The van der Waals surface area contributed by atoms with Crippen molar-refractivity contribution < 1.29 is 90.5 Å². The monoisotopic (exact) mass is 426 g/mol. The number of hydrogen-bond donors (Lipinski definition) is 0. The van der Waals surface area contributed by atoms with Crippen LogP contribution >= 0.6 is 23.4 Å². The van der Waals surface area contributed by atoms with E-state index in [9.17, 15) is 0 Å². The molecule has 0 rings (SSSR count). The number of hydrogen-bond acceptors (Lipinski definition) is 0. The largest absolute Gasteiger partial charge is 0.197 e. The second-order valence-electron chi connectivity index (χ2n) is 0. The van der Waals surface area contributed by atoms with Crippen molar-refractivity contribution in [3.05, 3.63) is 0 Å². The topological polar surface area (TPSA) is 0 Å². The van der Waals surface area contributed by atoms with E-state index in [4.69, 9.17) is 0 Å². The molecule has 0 aliphatic heterocycles. The summed E-state index contributed by atoms with van der Waals surface area (Å²) in [6, 6.07) is 0. The van der Waals surface area contributed by atoms with Gasteiger partial charge in [-0.25, -0.2) is 0 Å². The zero-order valence-corrected chi connectivity index (χ0v) is 13.9. The molecule has 0 amide bonds. The van der Waals surface area contributed by atoms with Crippen molar-refractivity contribution in [1.82, 2.24) is 0 Å². The molecule has 8 heteroatoms. The van der Waals surface area contributed by atoms with Crippen LogP contribution in [0, 0.1) is 0 Å². The third kappa shape index (κ3) is 78.2. The van der Waals surface area contributed by atoms with Gasteiger partial charge in [0.1, 0.15) is 0 Å². The van der Waals surface area contributed by atoms with Crippen molar-refractivity contribution in [1.29, 1.82) is 0 Å². The maximum Gasteiger partial charge on any atom is 0 e. The fourth-order valence-corrected chi connectivity index (χ4v) is 0. The van der Waals surface area contributed by atoms with Gasteiger partial charge in [-0.15, -0.1) is 0 Å². The van der Waals surface area contributed by atoms with Crippen molar-refractivity contribution in [3.8, 4) is 0 Å². The Bertz CT molecular complexity index is 28.5. The van der Waals surface area contributed by atoms with Crippen LogP contribution in [0.15, 0.2) is 0 Å². The van der Waals surface area contributed by atoms with E-state index in [1.807, 2.05) is 0 Å². The van der Waals surface area contributed by atoms with Gasteiger partial charge in [0.15, 0.2) is 0 Å². The molecule has 0 aliphatic rings. The van der Waals surface area contributed by atoms with Crippen LogP contribution in [0.4, 0.5) is 0 Å². The minimum Gasteiger partial charge on any atom is -0.197 e. The van der Waals surface area contributed by atoms with Crippen LogP contribution in [0.5, 0.6) is 0 Å². The Balaban J connectivity index is 0. The molecule has 9 heavy (non-hydrogen) atoms. The molecule has 0 aliphatic carbocycles. The second kappa shape index (κ2) is 94.9. The Hall–Kier alpha value is 3.82. The van der Waals surface area contributed by atoms with Gasteiger partial charge < -0.3 is 0 Å². The van der Waals surface area contributed by atoms with Crippen LogP contribution in [0.3, 0.4) is 0 Å². The molecule has 6 radical (unpaired) electrons. The second-order valence-corrected chi connectivity index (χ2v) is 0. The van der Waals surface area contributed by atoms with E-state index in [-0.39, 0.29) is 132 Å². The molecule has 0 spiro atoms. The van der Waals surface area contributed by atoms with Crippen molar-refractivity contribution in [2.24, 2.45) is 0 Å². The molecular weight excluding hydrogens is 416 g/mol. The molecule has 0 aromatic rings. The zero-order chi connectivity index (χ0) is 0. The first kappa shape index (κ1) is 123. The molecule has 0 nitrogen and oxygen atoms in total. The average molecular weight is 425 g/mol. The first-order valence-electron chi connectivity index (χ1n) is 0. The van der Waals surface area contributed by atoms with Gasteiger partial charge in [-0.05, 0) is 0 Å². The predicted octanol–water partition coefficient (Wildman–Crippen LogP) is 0.414. The smallest absolute Gasteiger partial charge is 0 e. The summed E-state index contributed by atoms with van der Waals surface area (Å²) in [6.07, 6.45) is 0. The molecule has 0 fully saturated rings. The quantitative estimate of drug-likeness (QED) is 0.390. The van der Waals surface area contributed by atoms with Gasteiger partial charge in [0.2, 0.25) is 0 Å². The SMILES string of the molecule is C.P.S.[Cr].[Mn].[Mo].[Ni].[Si].[V]. The summed E-state index contributed by atoms with van der Waals surface area (Å²) in [5, 5.41) is 0. The normalized spacial score (nSPS) is 0. The van der Waals surface area contributed by atoms with Gasteiger partial charge in [-0.1, -0.05) is 7.43 Å². The summed E-state index contributed by atoms with van der Waals surface area (Å²) in [5.41, 5.74) is 0. The molecule has 0 aromatic heterocycles. The molecule has 0 heterocycles. The molecule has 0 aromatic carbocycles. The Labute approximate surface area is 130 Å². The molecule has 0 bridgehead atoms.